The molecule has 9 nitrogen and oxygen atoms in total. The number of benzene rings is 2. The van der Waals surface area contributed by atoms with Crippen LogP contribution in [0.2, 0.25) is 5.02 Å². The van der Waals surface area contributed by atoms with Gasteiger partial charge in [0.25, 0.3) is 0 Å². The molecule has 0 atom stereocenters. The first-order valence-corrected chi connectivity index (χ1v) is 12.4. The second-order valence-electron chi connectivity index (χ2n) is 7.81. The number of nitrogens with one attached hydrogen (secondary N) is 3. The van der Waals surface area contributed by atoms with Gasteiger partial charge < -0.3 is 10.6 Å². The molecule has 5 rings (SSSR count). The smallest absolute Gasteiger partial charge is 0.240 e. The van der Waals surface area contributed by atoms with Crippen molar-refractivity contribution in [2.45, 2.75) is 17.9 Å². The van der Waals surface area contributed by atoms with Crippen LogP contribution in [0.1, 0.15) is 11.1 Å². The van der Waals surface area contributed by atoms with Crippen molar-refractivity contribution in [3.63, 3.8) is 0 Å². The number of hydrogen-bond acceptors (Lipinski definition) is 7. The lowest BCUT2D eigenvalue weighted by atomic mass is 10.1. The summed E-state index contributed by atoms with van der Waals surface area (Å²) >= 11 is 6.09. The van der Waals surface area contributed by atoms with Gasteiger partial charge in [-0.2, -0.15) is 0 Å². The molecule has 1 aliphatic heterocycles. The fraction of sp³-hybridized carbons (Fsp3) is 0.0833. The molecule has 176 valence electrons. The Kier molecular flexibility index (Phi) is 6.16. The Morgan fingerprint density at radius 2 is 1.80 bits per heavy atom. The zero-order chi connectivity index (χ0) is 24.4. The van der Waals surface area contributed by atoms with E-state index in [9.17, 15) is 13.2 Å². The number of carbonyl (C=O) groups excluding carboxylic acids is 1. The maximum Gasteiger partial charge on any atom is 0.240 e. The molecule has 0 aliphatic carbocycles. The van der Waals surface area contributed by atoms with E-state index < -0.39 is 10.0 Å². The molecule has 4 aromatic rings. The van der Waals surface area contributed by atoms with Crippen LogP contribution in [0.3, 0.4) is 0 Å². The van der Waals surface area contributed by atoms with Gasteiger partial charge in [0.15, 0.2) is 0 Å². The average Bonchev–Trinajstić information content (AvgIpc) is 2.98. The van der Waals surface area contributed by atoms with Crippen LogP contribution in [0.4, 0.5) is 17.3 Å². The molecule has 0 unspecified atom stereocenters. The van der Waals surface area contributed by atoms with Gasteiger partial charge in [0.05, 0.1) is 22.7 Å². The Labute approximate surface area is 206 Å². The first-order valence-electron chi connectivity index (χ1n) is 10.6. The number of amides is 1. The van der Waals surface area contributed by atoms with E-state index >= 15 is 0 Å². The fourth-order valence-corrected chi connectivity index (χ4v) is 4.82. The van der Waals surface area contributed by atoms with E-state index in [-0.39, 0.29) is 23.8 Å². The summed E-state index contributed by atoms with van der Waals surface area (Å²) in [4.78, 5) is 25.2. The topological polar surface area (TPSA) is 126 Å². The second-order valence-corrected chi connectivity index (χ2v) is 10.0. The minimum absolute atomic E-state index is 0.135. The molecular weight excluding hydrogens is 488 g/mol. The minimum Gasteiger partial charge on any atom is -0.325 e. The summed E-state index contributed by atoms with van der Waals surface area (Å²) in [6.07, 6.45) is 4.96. The summed E-state index contributed by atoms with van der Waals surface area (Å²) < 4.78 is 27.8. The molecular formula is C24H19ClN6O3S. The first kappa shape index (κ1) is 22.9. The highest BCUT2D eigenvalue weighted by atomic mass is 35.5. The van der Waals surface area contributed by atoms with Crippen LogP contribution in [0.15, 0.2) is 78.1 Å². The van der Waals surface area contributed by atoms with Crippen molar-refractivity contribution < 1.29 is 13.2 Å². The standard InChI is InChI=1S/C24H19ClN6O3S/c25-17-1-6-20-21(12-17)30-22(32)11-16-14-27-24(31-23(16)20)29-18-2-4-19(5-3-18)35(33,34)28-13-15-7-9-26-10-8-15/h1-10,12,14,28H,11,13H2,(H,30,32)(H,27,29,31). The Hall–Kier alpha value is -3.86. The van der Waals surface area contributed by atoms with Gasteiger partial charge in [0, 0.05) is 47.0 Å². The van der Waals surface area contributed by atoms with Gasteiger partial charge in [0.2, 0.25) is 21.9 Å². The fourth-order valence-electron chi connectivity index (χ4n) is 3.63. The monoisotopic (exact) mass is 506 g/mol. The van der Waals surface area contributed by atoms with Gasteiger partial charge in [-0.15, -0.1) is 0 Å². The van der Waals surface area contributed by atoms with Crippen LogP contribution in [-0.4, -0.2) is 29.3 Å². The summed E-state index contributed by atoms with van der Waals surface area (Å²) in [7, 11) is -3.69. The number of fused-ring (bicyclic) bond motifs is 3. The highest BCUT2D eigenvalue weighted by Gasteiger charge is 2.21. The predicted molar refractivity (Wildman–Crippen MR) is 133 cm³/mol. The van der Waals surface area contributed by atoms with E-state index in [1.54, 1.807) is 61.1 Å². The Morgan fingerprint density at radius 3 is 2.57 bits per heavy atom. The lowest BCUT2D eigenvalue weighted by Gasteiger charge is -2.11. The first-order chi connectivity index (χ1) is 16.9. The minimum atomic E-state index is -3.69. The molecule has 0 radical (unpaired) electrons. The van der Waals surface area contributed by atoms with E-state index in [1.807, 2.05) is 0 Å². The van der Waals surface area contributed by atoms with Crippen molar-refractivity contribution in [2.24, 2.45) is 0 Å². The molecule has 0 spiro atoms. The Bertz CT molecular complexity index is 1510. The van der Waals surface area contributed by atoms with Crippen molar-refractivity contribution in [3.05, 3.63) is 89.3 Å². The number of pyridine rings is 1. The maximum absolute atomic E-state index is 12.6. The SMILES string of the molecule is O=C1Cc2cnc(Nc3ccc(S(=O)(=O)NCc4ccncc4)cc3)nc2-c2ccc(Cl)cc2N1. The van der Waals surface area contributed by atoms with E-state index in [1.165, 1.54) is 12.1 Å². The van der Waals surface area contributed by atoms with Crippen molar-refractivity contribution in [2.75, 3.05) is 10.6 Å². The molecule has 0 saturated heterocycles. The molecule has 1 amide bonds. The van der Waals surface area contributed by atoms with Crippen LogP contribution in [-0.2, 0) is 27.8 Å². The number of rotatable bonds is 6. The highest BCUT2D eigenvalue weighted by molar-refractivity contribution is 7.89. The number of carbonyl (C=O) groups is 1. The lowest BCUT2D eigenvalue weighted by molar-refractivity contribution is -0.115. The Balaban J connectivity index is 1.35. The summed E-state index contributed by atoms with van der Waals surface area (Å²) in [5.41, 5.74) is 4.05. The predicted octanol–water partition coefficient (Wildman–Crippen LogP) is 3.91. The van der Waals surface area contributed by atoms with Gasteiger partial charge in [-0.3, -0.25) is 9.78 Å². The third kappa shape index (κ3) is 5.14. The summed E-state index contributed by atoms with van der Waals surface area (Å²) in [5.74, 6) is 0.135. The maximum atomic E-state index is 12.6. The van der Waals surface area contributed by atoms with Gasteiger partial charge in [0.1, 0.15) is 0 Å². The highest BCUT2D eigenvalue weighted by Crippen LogP contribution is 2.34. The van der Waals surface area contributed by atoms with E-state index in [0.29, 0.717) is 33.6 Å². The zero-order valence-electron chi connectivity index (χ0n) is 18.2. The molecule has 0 fully saturated rings. The molecule has 1 aliphatic rings. The van der Waals surface area contributed by atoms with Gasteiger partial charge in [-0.25, -0.2) is 23.1 Å². The number of sulfonamides is 1. The molecule has 3 heterocycles. The Morgan fingerprint density at radius 1 is 1.03 bits per heavy atom. The molecule has 35 heavy (non-hydrogen) atoms. The lowest BCUT2D eigenvalue weighted by Crippen LogP contribution is -2.23. The van der Waals surface area contributed by atoms with Crippen molar-refractivity contribution in [1.82, 2.24) is 19.7 Å². The van der Waals surface area contributed by atoms with Crippen molar-refractivity contribution >= 4 is 44.9 Å². The van der Waals surface area contributed by atoms with Crippen LogP contribution in [0.5, 0.6) is 0 Å². The van der Waals surface area contributed by atoms with E-state index in [0.717, 1.165) is 11.1 Å². The van der Waals surface area contributed by atoms with Crippen LogP contribution in [0, 0.1) is 0 Å². The number of anilines is 3. The zero-order valence-corrected chi connectivity index (χ0v) is 19.8. The van der Waals surface area contributed by atoms with Crippen LogP contribution < -0.4 is 15.4 Å². The average molecular weight is 507 g/mol. The third-order valence-electron chi connectivity index (χ3n) is 5.36. The molecule has 2 aromatic carbocycles. The summed E-state index contributed by atoms with van der Waals surface area (Å²) in [6.45, 7) is 0.165. The van der Waals surface area contributed by atoms with Crippen LogP contribution >= 0.6 is 11.6 Å². The van der Waals surface area contributed by atoms with Crippen molar-refractivity contribution in [1.29, 1.82) is 0 Å². The summed E-state index contributed by atoms with van der Waals surface area (Å²) in [5, 5.41) is 6.44. The van der Waals surface area contributed by atoms with Gasteiger partial charge >= 0.3 is 0 Å². The largest absolute Gasteiger partial charge is 0.325 e. The number of nitrogens with zero attached hydrogens (tertiary/aromatic N) is 3. The molecule has 3 N–H and O–H groups in total. The van der Waals surface area contributed by atoms with Gasteiger partial charge in [-0.1, -0.05) is 11.6 Å². The van der Waals surface area contributed by atoms with E-state index in [4.69, 9.17) is 11.6 Å². The number of hydrogen-bond donors (Lipinski definition) is 3. The molecule has 11 heteroatoms. The molecule has 0 bridgehead atoms. The third-order valence-corrected chi connectivity index (χ3v) is 7.02. The number of aromatic nitrogens is 3. The number of halogens is 1. The quantitative estimate of drug-likeness (QED) is 0.362. The second kappa shape index (κ2) is 9.41. The summed E-state index contributed by atoms with van der Waals surface area (Å²) in [6, 6.07) is 15.0. The molecule has 0 saturated carbocycles. The van der Waals surface area contributed by atoms with Crippen molar-refractivity contribution in [3.8, 4) is 11.3 Å². The molecule has 2 aromatic heterocycles. The van der Waals surface area contributed by atoms with Gasteiger partial charge in [-0.05, 0) is 60.2 Å². The normalized spacial score (nSPS) is 12.8. The van der Waals surface area contributed by atoms with E-state index in [2.05, 4.69) is 30.3 Å². The van der Waals surface area contributed by atoms with Crippen LogP contribution in [0.25, 0.3) is 11.3 Å².